The summed E-state index contributed by atoms with van der Waals surface area (Å²) in [5.74, 6) is 0.576. The number of para-hydroxylation sites is 2. The Kier molecular flexibility index (Phi) is 5.30. The Morgan fingerprint density at radius 3 is 2.41 bits per heavy atom. The molecule has 2 aromatic carbocycles. The maximum absolute atomic E-state index is 11.6. The number of anilines is 4. The molecule has 0 unspecified atom stereocenters. The van der Waals surface area contributed by atoms with Crippen LogP contribution < -0.4 is 10.2 Å². The average molecular weight is 363 g/mol. The minimum atomic E-state index is -0.437. The molecule has 3 aromatic rings. The van der Waals surface area contributed by atoms with E-state index >= 15 is 0 Å². The molecule has 0 bridgehead atoms. The molecule has 1 N–H and O–H groups in total. The van der Waals surface area contributed by atoms with Crippen molar-refractivity contribution in [2.75, 3.05) is 17.3 Å². The van der Waals surface area contributed by atoms with Gasteiger partial charge in [-0.2, -0.15) is 4.98 Å². The van der Waals surface area contributed by atoms with Gasteiger partial charge in [0.05, 0.1) is 4.92 Å². The number of nitro groups is 1. The van der Waals surface area contributed by atoms with E-state index in [-0.39, 0.29) is 11.5 Å². The molecule has 0 aliphatic heterocycles. The van der Waals surface area contributed by atoms with Crippen LogP contribution in [0, 0.1) is 17.0 Å². The van der Waals surface area contributed by atoms with Crippen LogP contribution in [0.4, 0.5) is 28.8 Å². The Balaban J connectivity index is 2.07. The molecule has 0 radical (unpaired) electrons. The van der Waals surface area contributed by atoms with Gasteiger partial charge in [0.15, 0.2) is 0 Å². The van der Waals surface area contributed by atoms with Crippen molar-refractivity contribution in [3.63, 3.8) is 0 Å². The van der Waals surface area contributed by atoms with Crippen molar-refractivity contribution >= 4 is 28.8 Å². The molecule has 0 aliphatic carbocycles. The van der Waals surface area contributed by atoms with Crippen molar-refractivity contribution in [1.29, 1.82) is 0 Å². The lowest BCUT2D eigenvalue weighted by Crippen LogP contribution is -2.16. The SMILES string of the molecule is CCc1ccccc1Nc1nc(C)c([N+](=O)[O-])c(N(C)c2ccccc2)n1. The average Bonchev–Trinajstić information content (AvgIpc) is 2.67. The van der Waals surface area contributed by atoms with E-state index in [0.29, 0.717) is 11.6 Å². The van der Waals surface area contributed by atoms with E-state index in [1.165, 1.54) is 0 Å². The zero-order valence-corrected chi connectivity index (χ0v) is 15.5. The molecule has 0 saturated heterocycles. The molecule has 0 saturated carbocycles. The first kappa shape index (κ1) is 18.3. The smallest absolute Gasteiger partial charge is 0.324 e. The van der Waals surface area contributed by atoms with Gasteiger partial charge in [0.2, 0.25) is 11.8 Å². The predicted molar refractivity (Wildman–Crippen MR) is 107 cm³/mol. The number of hydrogen-bond acceptors (Lipinski definition) is 6. The first-order valence-electron chi connectivity index (χ1n) is 8.68. The van der Waals surface area contributed by atoms with E-state index in [4.69, 9.17) is 0 Å². The maximum atomic E-state index is 11.6. The molecule has 7 heteroatoms. The molecule has 138 valence electrons. The van der Waals surface area contributed by atoms with Gasteiger partial charge in [-0.25, -0.2) is 4.98 Å². The summed E-state index contributed by atoms with van der Waals surface area (Å²) in [5.41, 5.74) is 3.02. The first-order valence-corrected chi connectivity index (χ1v) is 8.68. The van der Waals surface area contributed by atoms with Gasteiger partial charge in [0.25, 0.3) is 0 Å². The Hall–Kier alpha value is -3.48. The molecule has 0 aliphatic rings. The molecule has 0 amide bonds. The fraction of sp³-hybridized carbons (Fsp3) is 0.200. The van der Waals surface area contributed by atoms with E-state index in [1.807, 2.05) is 54.6 Å². The summed E-state index contributed by atoms with van der Waals surface area (Å²) in [6.07, 6.45) is 0.853. The molecule has 3 rings (SSSR count). The minimum Gasteiger partial charge on any atom is -0.324 e. The Bertz CT molecular complexity index is 960. The fourth-order valence-corrected chi connectivity index (χ4v) is 2.90. The van der Waals surface area contributed by atoms with Crippen LogP contribution in [0.15, 0.2) is 54.6 Å². The second-order valence-electron chi connectivity index (χ2n) is 6.09. The van der Waals surface area contributed by atoms with Gasteiger partial charge >= 0.3 is 5.69 Å². The van der Waals surface area contributed by atoms with E-state index < -0.39 is 4.92 Å². The molecule has 0 fully saturated rings. The van der Waals surface area contributed by atoms with Gasteiger partial charge in [-0.3, -0.25) is 10.1 Å². The molecule has 27 heavy (non-hydrogen) atoms. The number of aryl methyl sites for hydroxylation is 2. The molecule has 1 heterocycles. The van der Waals surface area contributed by atoms with Crippen molar-refractivity contribution < 1.29 is 4.92 Å². The normalized spacial score (nSPS) is 10.5. The Labute approximate surface area is 157 Å². The van der Waals surface area contributed by atoms with Crippen LogP contribution in [0.3, 0.4) is 0 Å². The van der Waals surface area contributed by atoms with E-state index in [0.717, 1.165) is 23.4 Å². The standard InChI is InChI=1S/C20H21N5O2/c1-4-15-10-8-9-13-17(15)22-20-21-14(2)18(25(26)27)19(23-20)24(3)16-11-6-5-7-12-16/h5-13H,4H2,1-3H3,(H,21,22,23). The second kappa shape index (κ2) is 7.82. The van der Waals surface area contributed by atoms with Gasteiger partial charge < -0.3 is 10.2 Å². The van der Waals surface area contributed by atoms with Crippen LogP contribution in [-0.4, -0.2) is 21.9 Å². The lowest BCUT2D eigenvalue weighted by Gasteiger charge is -2.20. The highest BCUT2D eigenvalue weighted by Gasteiger charge is 2.25. The first-order chi connectivity index (χ1) is 13.0. The Morgan fingerprint density at radius 1 is 1.07 bits per heavy atom. The highest BCUT2D eigenvalue weighted by molar-refractivity contribution is 5.71. The van der Waals surface area contributed by atoms with Crippen LogP contribution in [0.5, 0.6) is 0 Å². The zero-order chi connectivity index (χ0) is 19.4. The maximum Gasteiger partial charge on any atom is 0.333 e. The number of rotatable bonds is 6. The molecule has 0 atom stereocenters. The van der Waals surface area contributed by atoms with Gasteiger partial charge in [0, 0.05) is 18.4 Å². The van der Waals surface area contributed by atoms with Crippen LogP contribution >= 0.6 is 0 Å². The number of aromatic nitrogens is 2. The summed E-state index contributed by atoms with van der Waals surface area (Å²) in [4.78, 5) is 21.7. The highest BCUT2D eigenvalue weighted by atomic mass is 16.6. The lowest BCUT2D eigenvalue weighted by atomic mass is 10.1. The summed E-state index contributed by atoms with van der Waals surface area (Å²) in [6.45, 7) is 3.69. The number of nitrogens with one attached hydrogen (secondary N) is 1. The number of hydrogen-bond donors (Lipinski definition) is 1. The summed E-state index contributed by atoms with van der Waals surface area (Å²) in [7, 11) is 1.76. The van der Waals surface area contributed by atoms with Gasteiger partial charge in [0.1, 0.15) is 5.69 Å². The fourth-order valence-electron chi connectivity index (χ4n) is 2.90. The second-order valence-corrected chi connectivity index (χ2v) is 6.09. The summed E-state index contributed by atoms with van der Waals surface area (Å²) >= 11 is 0. The summed E-state index contributed by atoms with van der Waals surface area (Å²) in [6, 6.07) is 17.3. The lowest BCUT2D eigenvalue weighted by molar-refractivity contribution is -0.385. The van der Waals surface area contributed by atoms with E-state index in [1.54, 1.807) is 18.9 Å². The van der Waals surface area contributed by atoms with Crippen LogP contribution in [-0.2, 0) is 6.42 Å². The van der Waals surface area contributed by atoms with Gasteiger partial charge in [-0.05, 0) is 37.1 Å². The van der Waals surface area contributed by atoms with Crippen molar-refractivity contribution in [3.8, 4) is 0 Å². The van der Waals surface area contributed by atoms with Crippen molar-refractivity contribution in [3.05, 3.63) is 76.0 Å². The molecular weight excluding hydrogens is 342 g/mol. The third kappa shape index (κ3) is 3.87. The monoisotopic (exact) mass is 363 g/mol. The van der Waals surface area contributed by atoms with E-state index in [9.17, 15) is 10.1 Å². The third-order valence-electron chi connectivity index (χ3n) is 4.33. The third-order valence-corrected chi connectivity index (χ3v) is 4.33. The highest BCUT2D eigenvalue weighted by Crippen LogP contribution is 2.34. The molecule has 1 aromatic heterocycles. The molecule has 7 nitrogen and oxygen atoms in total. The van der Waals surface area contributed by atoms with E-state index in [2.05, 4.69) is 22.2 Å². The molecular formula is C20H21N5O2. The number of nitrogens with zero attached hydrogens (tertiary/aromatic N) is 4. The van der Waals surface area contributed by atoms with Crippen LogP contribution in [0.25, 0.3) is 0 Å². The van der Waals surface area contributed by atoms with Crippen LogP contribution in [0.1, 0.15) is 18.2 Å². The van der Waals surface area contributed by atoms with Gasteiger partial charge in [-0.1, -0.05) is 43.3 Å². The van der Waals surface area contributed by atoms with Crippen molar-refractivity contribution in [1.82, 2.24) is 9.97 Å². The predicted octanol–water partition coefficient (Wildman–Crippen LogP) is 4.77. The van der Waals surface area contributed by atoms with Crippen molar-refractivity contribution in [2.45, 2.75) is 20.3 Å². The number of benzene rings is 2. The summed E-state index contributed by atoms with van der Waals surface area (Å²) < 4.78 is 0. The zero-order valence-electron chi connectivity index (χ0n) is 15.5. The quantitative estimate of drug-likeness (QED) is 0.502. The summed E-state index contributed by atoms with van der Waals surface area (Å²) in [5, 5.41) is 14.8. The van der Waals surface area contributed by atoms with Gasteiger partial charge in [-0.15, -0.1) is 0 Å². The largest absolute Gasteiger partial charge is 0.333 e. The topological polar surface area (TPSA) is 84.2 Å². The Morgan fingerprint density at radius 2 is 1.74 bits per heavy atom. The van der Waals surface area contributed by atoms with Crippen molar-refractivity contribution in [2.24, 2.45) is 0 Å². The van der Waals surface area contributed by atoms with Crippen LogP contribution in [0.2, 0.25) is 0 Å². The molecule has 0 spiro atoms. The minimum absolute atomic E-state index is 0.101.